The van der Waals surface area contributed by atoms with Crippen molar-refractivity contribution in [1.29, 1.82) is 0 Å². The van der Waals surface area contributed by atoms with Crippen LogP contribution < -0.4 is 5.32 Å². The third kappa shape index (κ3) is 7.34. The third-order valence-electron chi connectivity index (χ3n) is 4.65. The van der Waals surface area contributed by atoms with Crippen LogP contribution in [-0.2, 0) is 9.63 Å². The number of nitrogens with zero attached hydrogens (tertiary/aromatic N) is 3. The molecule has 0 aliphatic heterocycles. The molecular formula is C20H31FN4O3. The minimum absolute atomic E-state index is 0.154. The molecule has 0 aromatic heterocycles. The van der Waals surface area contributed by atoms with Crippen molar-refractivity contribution in [3.63, 3.8) is 0 Å². The van der Waals surface area contributed by atoms with Gasteiger partial charge in [-0.1, -0.05) is 29.4 Å². The molecule has 0 radical (unpaired) electrons. The molecule has 0 fully saturated rings. The standard InChI is InChI=1S/C20H31FN4O3/c1-5-16(19(24-28-4)17-7-9-18(21)10-8-17)11-12-22-13-14-25(6-2)20(26)15(3)23-27/h7-10,15-16,22H,5-6,11-14H2,1-4H3/b24-19-. The van der Waals surface area contributed by atoms with Gasteiger partial charge >= 0.3 is 0 Å². The summed E-state index contributed by atoms with van der Waals surface area (Å²) < 4.78 is 13.2. The molecule has 0 bridgehead atoms. The largest absolute Gasteiger partial charge is 0.399 e. The highest BCUT2D eigenvalue weighted by molar-refractivity contribution is 6.01. The number of hydrogen-bond acceptors (Lipinski definition) is 6. The van der Waals surface area contributed by atoms with Gasteiger partial charge in [0.25, 0.3) is 5.91 Å². The van der Waals surface area contributed by atoms with Crippen molar-refractivity contribution in [2.75, 3.05) is 33.3 Å². The summed E-state index contributed by atoms with van der Waals surface area (Å²) in [6.45, 7) is 7.85. The molecule has 0 heterocycles. The van der Waals surface area contributed by atoms with Gasteiger partial charge in [0, 0.05) is 25.6 Å². The van der Waals surface area contributed by atoms with E-state index in [0.29, 0.717) is 19.6 Å². The number of halogens is 1. The van der Waals surface area contributed by atoms with Gasteiger partial charge in [-0.3, -0.25) is 4.79 Å². The average Bonchev–Trinajstić information content (AvgIpc) is 2.72. The first-order chi connectivity index (χ1) is 13.5. The highest BCUT2D eigenvalue weighted by Gasteiger charge is 2.20. The summed E-state index contributed by atoms with van der Waals surface area (Å²) in [5.41, 5.74) is 1.64. The fourth-order valence-corrected chi connectivity index (χ4v) is 2.96. The number of benzene rings is 1. The monoisotopic (exact) mass is 394 g/mol. The summed E-state index contributed by atoms with van der Waals surface area (Å²) in [6.07, 6.45) is 1.69. The van der Waals surface area contributed by atoms with Gasteiger partial charge in [-0.2, -0.15) is 0 Å². The van der Waals surface area contributed by atoms with E-state index in [9.17, 15) is 14.1 Å². The molecule has 1 rings (SSSR count). The van der Waals surface area contributed by atoms with Crippen LogP contribution in [0.4, 0.5) is 4.39 Å². The van der Waals surface area contributed by atoms with Gasteiger partial charge in [-0.05, 0) is 50.9 Å². The van der Waals surface area contributed by atoms with Crippen LogP contribution in [0.5, 0.6) is 0 Å². The van der Waals surface area contributed by atoms with E-state index in [2.05, 4.69) is 22.6 Å². The quantitative estimate of drug-likeness (QED) is 0.241. The summed E-state index contributed by atoms with van der Waals surface area (Å²) in [7, 11) is 1.50. The number of amides is 1. The maximum Gasteiger partial charge on any atom is 0.250 e. The summed E-state index contributed by atoms with van der Waals surface area (Å²) in [5, 5.41) is 10.3. The average molecular weight is 394 g/mol. The Hall–Kier alpha value is -2.35. The number of hydrogen-bond donors (Lipinski definition) is 1. The van der Waals surface area contributed by atoms with Crippen molar-refractivity contribution in [1.82, 2.24) is 10.2 Å². The second-order valence-corrected chi connectivity index (χ2v) is 6.51. The maximum atomic E-state index is 13.2. The van der Waals surface area contributed by atoms with Gasteiger partial charge in [0.1, 0.15) is 12.9 Å². The lowest BCUT2D eigenvalue weighted by atomic mass is 9.91. The van der Waals surface area contributed by atoms with Crippen LogP contribution >= 0.6 is 0 Å². The Morgan fingerprint density at radius 3 is 2.46 bits per heavy atom. The van der Waals surface area contributed by atoms with Crippen molar-refractivity contribution < 1.29 is 14.0 Å². The lowest BCUT2D eigenvalue weighted by Gasteiger charge is -2.22. The second-order valence-electron chi connectivity index (χ2n) is 6.51. The van der Waals surface area contributed by atoms with E-state index >= 15 is 0 Å². The van der Waals surface area contributed by atoms with E-state index < -0.39 is 6.04 Å². The second kappa shape index (κ2) is 12.9. The molecule has 0 spiro atoms. The molecule has 1 aromatic carbocycles. The number of carbonyl (C=O) groups is 1. The number of likely N-dealkylation sites (N-methyl/N-ethyl adjacent to an activating group) is 1. The number of nitroso groups, excluding NO2 is 1. The molecule has 28 heavy (non-hydrogen) atoms. The molecule has 2 unspecified atom stereocenters. The molecule has 0 saturated carbocycles. The first-order valence-electron chi connectivity index (χ1n) is 9.67. The van der Waals surface area contributed by atoms with E-state index in [-0.39, 0.29) is 17.6 Å². The van der Waals surface area contributed by atoms with Gasteiger partial charge in [0.05, 0.1) is 5.71 Å². The van der Waals surface area contributed by atoms with Crippen molar-refractivity contribution >= 4 is 11.6 Å². The number of oxime groups is 1. The van der Waals surface area contributed by atoms with Gasteiger partial charge < -0.3 is 15.1 Å². The Bertz CT molecular complexity index is 637. The molecule has 7 nitrogen and oxygen atoms in total. The Balaban J connectivity index is 2.56. The van der Waals surface area contributed by atoms with Gasteiger partial charge in [-0.15, -0.1) is 4.91 Å². The predicted octanol–water partition coefficient (Wildman–Crippen LogP) is 3.19. The Kier molecular flexibility index (Phi) is 10.9. The Morgan fingerprint density at radius 2 is 1.93 bits per heavy atom. The molecule has 1 N–H and O–H groups in total. The molecule has 0 aliphatic rings. The van der Waals surface area contributed by atoms with Crippen LogP contribution in [0.1, 0.15) is 39.2 Å². The minimum Gasteiger partial charge on any atom is -0.399 e. The zero-order valence-corrected chi connectivity index (χ0v) is 17.2. The first-order valence-corrected chi connectivity index (χ1v) is 9.67. The summed E-state index contributed by atoms with van der Waals surface area (Å²) in [5.74, 6) is -0.387. The predicted molar refractivity (Wildman–Crippen MR) is 109 cm³/mol. The van der Waals surface area contributed by atoms with E-state index in [4.69, 9.17) is 4.84 Å². The molecule has 1 aromatic rings. The van der Waals surface area contributed by atoms with Gasteiger partial charge in [-0.25, -0.2) is 4.39 Å². The number of nitrogens with one attached hydrogen (secondary N) is 1. The minimum atomic E-state index is -0.854. The fraction of sp³-hybridized carbons (Fsp3) is 0.600. The fourth-order valence-electron chi connectivity index (χ4n) is 2.96. The SMILES string of the molecule is CCC(CCNCCN(CC)C(=O)C(C)N=O)/C(=N/OC)c1ccc(F)cc1. The van der Waals surface area contributed by atoms with Crippen LogP contribution in [0.15, 0.2) is 34.6 Å². The van der Waals surface area contributed by atoms with E-state index in [0.717, 1.165) is 30.7 Å². The third-order valence-corrected chi connectivity index (χ3v) is 4.65. The normalized spacial score (nSPS) is 13.7. The smallest absolute Gasteiger partial charge is 0.250 e. The van der Waals surface area contributed by atoms with Gasteiger partial charge in [0.15, 0.2) is 6.04 Å². The lowest BCUT2D eigenvalue weighted by Crippen LogP contribution is -2.41. The summed E-state index contributed by atoms with van der Waals surface area (Å²) in [4.78, 5) is 29.2. The topological polar surface area (TPSA) is 83.4 Å². The van der Waals surface area contributed by atoms with Crippen LogP contribution in [0.2, 0.25) is 0 Å². The highest BCUT2D eigenvalue weighted by Crippen LogP contribution is 2.18. The van der Waals surface area contributed by atoms with Crippen LogP contribution in [0.25, 0.3) is 0 Å². The van der Waals surface area contributed by atoms with Crippen LogP contribution in [0, 0.1) is 16.6 Å². The molecule has 1 amide bonds. The van der Waals surface area contributed by atoms with Crippen LogP contribution in [-0.4, -0.2) is 55.8 Å². The number of rotatable bonds is 13. The molecule has 0 aliphatic carbocycles. The van der Waals surface area contributed by atoms with E-state index in [1.165, 1.54) is 26.2 Å². The van der Waals surface area contributed by atoms with Crippen molar-refractivity contribution in [3.05, 3.63) is 40.6 Å². The highest BCUT2D eigenvalue weighted by atomic mass is 19.1. The van der Waals surface area contributed by atoms with E-state index in [1.807, 2.05) is 6.92 Å². The maximum absolute atomic E-state index is 13.2. The van der Waals surface area contributed by atoms with Crippen LogP contribution in [0.3, 0.4) is 0 Å². The van der Waals surface area contributed by atoms with Gasteiger partial charge in [0.2, 0.25) is 0 Å². The Labute approximate surface area is 166 Å². The lowest BCUT2D eigenvalue weighted by molar-refractivity contribution is -0.131. The zero-order chi connectivity index (χ0) is 20.9. The van der Waals surface area contributed by atoms with Crippen molar-refractivity contribution in [2.45, 2.75) is 39.7 Å². The molecule has 156 valence electrons. The van der Waals surface area contributed by atoms with E-state index in [1.54, 1.807) is 17.0 Å². The molecule has 8 heteroatoms. The first kappa shape index (κ1) is 23.7. The van der Waals surface area contributed by atoms with Crippen molar-refractivity contribution in [3.8, 4) is 0 Å². The molecular weight excluding hydrogens is 363 g/mol. The number of carbonyl (C=O) groups excluding carboxylic acids is 1. The summed E-state index contributed by atoms with van der Waals surface area (Å²) in [6, 6.07) is 5.38. The van der Waals surface area contributed by atoms with Crippen molar-refractivity contribution in [2.24, 2.45) is 16.3 Å². The molecule has 0 saturated heterocycles. The zero-order valence-electron chi connectivity index (χ0n) is 17.2. The Morgan fingerprint density at radius 1 is 1.25 bits per heavy atom. The summed E-state index contributed by atoms with van der Waals surface area (Å²) >= 11 is 0. The molecule has 2 atom stereocenters.